The summed E-state index contributed by atoms with van der Waals surface area (Å²) in [7, 11) is 0. The first kappa shape index (κ1) is 13.5. The largest absolute Gasteiger partial charge is 0.388 e. The molecule has 1 aromatic carbocycles. The second-order valence-corrected chi connectivity index (χ2v) is 4.61. The van der Waals surface area contributed by atoms with Gasteiger partial charge in [0.05, 0.1) is 13.2 Å². The van der Waals surface area contributed by atoms with E-state index in [4.69, 9.17) is 4.74 Å². The third-order valence-electron chi connectivity index (χ3n) is 3.21. The molecular formula is C13H20NO4+. The molecule has 4 atom stereocenters. The number of nitrogens with two attached hydrogens (primary N) is 1. The summed E-state index contributed by atoms with van der Waals surface area (Å²) in [6, 6.07) is 10.0. The van der Waals surface area contributed by atoms with E-state index in [1.807, 2.05) is 35.6 Å². The first-order chi connectivity index (χ1) is 8.68. The number of benzene rings is 1. The van der Waals surface area contributed by atoms with Crippen molar-refractivity contribution in [1.29, 1.82) is 0 Å². The molecule has 4 unspecified atom stereocenters. The fourth-order valence-electron chi connectivity index (χ4n) is 2.10. The van der Waals surface area contributed by atoms with E-state index in [1.54, 1.807) is 0 Å². The van der Waals surface area contributed by atoms with Gasteiger partial charge in [0.1, 0.15) is 12.2 Å². The highest BCUT2D eigenvalue weighted by molar-refractivity contribution is 5.14. The van der Waals surface area contributed by atoms with E-state index >= 15 is 0 Å². The van der Waals surface area contributed by atoms with Crippen LogP contribution in [0.15, 0.2) is 30.3 Å². The van der Waals surface area contributed by atoms with Crippen molar-refractivity contribution in [3.8, 4) is 0 Å². The summed E-state index contributed by atoms with van der Waals surface area (Å²) in [6.45, 7) is 0.819. The summed E-state index contributed by atoms with van der Waals surface area (Å²) in [5.74, 6) is 0. The molecule has 1 aromatic rings. The predicted molar refractivity (Wildman–Crippen MR) is 64.7 cm³/mol. The zero-order valence-corrected chi connectivity index (χ0v) is 10.1. The highest BCUT2D eigenvalue weighted by atomic mass is 16.5. The first-order valence-corrected chi connectivity index (χ1v) is 6.21. The van der Waals surface area contributed by atoms with Crippen molar-refractivity contribution in [2.24, 2.45) is 0 Å². The Morgan fingerprint density at radius 3 is 2.56 bits per heavy atom. The Morgan fingerprint density at radius 2 is 1.83 bits per heavy atom. The van der Waals surface area contributed by atoms with Crippen molar-refractivity contribution in [1.82, 2.24) is 0 Å². The Labute approximate surface area is 106 Å². The molecular weight excluding hydrogens is 234 g/mol. The molecule has 5 N–H and O–H groups in total. The SMILES string of the molecule is OC1COC([NH2+]CCc2ccccc2)C(O)C1O. The van der Waals surface area contributed by atoms with Gasteiger partial charge in [-0.05, 0) is 5.56 Å². The van der Waals surface area contributed by atoms with E-state index in [1.165, 1.54) is 5.56 Å². The van der Waals surface area contributed by atoms with Crippen LogP contribution in [0.5, 0.6) is 0 Å². The number of quaternary nitrogens is 1. The summed E-state index contributed by atoms with van der Waals surface area (Å²) < 4.78 is 5.30. The van der Waals surface area contributed by atoms with Crippen LogP contribution >= 0.6 is 0 Å². The zero-order valence-electron chi connectivity index (χ0n) is 10.1. The first-order valence-electron chi connectivity index (χ1n) is 6.21. The van der Waals surface area contributed by atoms with Crippen LogP contribution in [0.1, 0.15) is 5.56 Å². The Kier molecular flexibility index (Phi) is 4.68. The van der Waals surface area contributed by atoms with Crippen LogP contribution in [-0.4, -0.2) is 53.0 Å². The molecule has 18 heavy (non-hydrogen) atoms. The number of hydrogen-bond donors (Lipinski definition) is 4. The molecule has 0 bridgehead atoms. The summed E-state index contributed by atoms with van der Waals surface area (Å²) >= 11 is 0. The molecule has 1 aliphatic rings. The summed E-state index contributed by atoms with van der Waals surface area (Å²) in [5.41, 5.74) is 1.22. The van der Waals surface area contributed by atoms with E-state index in [0.717, 1.165) is 13.0 Å². The molecule has 1 heterocycles. The standard InChI is InChI=1S/C13H19NO4/c15-10-8-18-13(12(17)11(10)16)14-7-6-9-4-2-1-3-5-9/h1-5,10-17H,6-8H2/p+1. The van der Waals surface area contributed by atoms with E-state index in [9.17, 15) is 15.3 Å². The van der Waals surface area contributed by atoms with Gasteiger partial charge in [0.25, 0.3) is 0 Å². The molecule has 0 radical (unpaired) electrons. The van der Waals surface area contributed by atoms with Crippen molar-refractivity contribution < 1.29 is 25.4 Å². The van der Waals surface area contributed by atoms with Gasteiger partial charge in [-0.1, -0.05) is 30.3 Å². The van der Waals surface area contributed by atoms with E-state index < -0.39 is 24.5 Å². The van der Waals surface area contributed by atoms with Crippen molar-refractivity contribution in [2.45, 2.75) is 31.0 Å². The molecule has 1 saturated heterocycles. The van der Waals surface area contributed by atoms with E-state index in [2.05, 4.69) is 0 Å². The Hall–Kier alpha value is -0.980. The summed E-state index contributed by atoms with van der Waals surface area (Å²) in [6.07, 6.45) is -2.82. The molecule has 0 aliphatic carbocycles. The second kappa shape index (κ2) is 6.26. The number of ether oxygens (including phenoxy) is 1. The highest BCUT2D eigenvalue weighted by Gasteiger charge is 2.39. The van der Waals surface area contributed by atoms with Crippen molar-refractivity contribution in [3.63, 3.8) is 0 Å². The van der Waals surface area contributed by atoms with Gasteiger partial charge in [0, 0.05) is 6.42 Å². The van der Waals surface area contributed by atoms with Gasteiger partial charge in [0.15, 0.2) is 6.10 Å². The van der Waals surface area contributed by atoms with Gasteiger partial charge < -0.3 is 25.4 Å². The van der Waals surface area contributed by atoms with Gasteiger partial charge in [-0.3, -0.25) is 0 Å². The minimum absolute atomic E-state index is 0.0602. The number of aliphatic hydroxyl groups excluding tert-OH is 3. The molecule has 1 aliphatic heterocycles. The van der Waals surface area contributed by atoms with Crippen molar-refractivity contribution in [2.75, 3.05) is 13.2 Å². The van der Waals surface area contributed by atoms with Crippen molar-refractivity contribution in [3.05, 3.63) is 35.9 Å². The fraction of sp³-hybridized carbons (Fsp3) is 0.538. The maximum Gasteiger partial charge on any atom is 0.219 e. The van der Waals surface area contributed by atoms with Crippen LogP contribution in [0.25, 0.3) is 0 Å². The van der Waals surface area contributed by atoms with Crippen LogP contribution in [-0.2, 0) is 11.2 Å². The molecule has 5 heteroatoms. The predicted octanol–water partition coefficient (Wildman–Crippen LogP) is -1.77. The lowest BCUT2D eigenvalue weighted by atomic mass is 10.0. The van der Waals surface area contributed by atoms with Gasteiger partial charge in [-0.15, -0.1) is 0 Å². The number of rotatable bonds is 4. The van der Waals surface area contributed by atoms with Crippen LogP contribution in [0.4, 0.5) is 0 Å². The minimum atomic E-state index is -1.13. The van der Waals surface area contributed by atoms with Crippen LogP contribution in [0, 0.1) is 0 Å². The Morgan fingerprint density at radius 1 is 1.11 bits per heavy atom. The van der Waals surface area contributed by atoms with Crippen LogP contribution < -0.4 is 5.32 Å². The van der Waals surface area contributed by atoms with Gasteiger partial charge in [-0.2, -0.15) is 0 Å². The molecule has 0 spiro atoms. The quantitative estimate of drug-likeness (QED) is 0.512. The smallest absolute Gasteiger partial charge is 0.219 e. The lowest BCUT2D eigenvalue weighted by Gasteiger charge is -2.33. The average Bonchev–Trinajstić information content (AvgIpc) is 2.40. The maximum absolute atomic E-state index is 9.74. The number of hydrogen-bond acceptors (Lipinski definition) is 4. The van der Waals surface area contributed by atoms with Gasteiger partial charge in [0.2, 0.25) is 6.23 Å². The summed E-state index contributed by atoms with van der Waals surface area (Å²) in [4.78, 5) is 0. The van der Waals surface area contributed by atoms with E-state index in [0.29, 0.717) is 0 Å². The van der Waals surface area contributed by atoms with E-state index in [-0.39, 0.29) is 6.61 Å². The van der Waals surface area contributed by atoms with Gasteiger partial charge >= 0.3 is 0 Å². The maximum atomic E-state index is 9.74. The topological polar surface area (TPSA) is 86.5 Å². The molecule has 2 rings (SSSR count). The average molecular weight is 254 g/mol. The lowest BCUT2D eigenvalue weighted by molar-refractivity contribution is -0.739. The zero-order chi connectivity index (χ0) is 13.0. The second-order valence-electron chi connectivity index (χ2n) is 4.61. The fourth-order valence-corrected chi connectivity index (χ4v) is 2.10. The lowest BCUT2D eigenvalue weighted by Crippen LogP contribution is -2.95. The van der Waals surface area contributed by atoms with Gasteiger partial charge in [-0.25, -0.2) is 0 Å². The molecule has 100 valence electrons. The molecule has 0 aromatic heterocycles. The number of aliphatic hydroxyl groups is 3. The molecule has 0 saturated carbocycles. The van der Waals surface area contributed by atoms with Crippen LogP contribution in [0.2, 0.25) is 0 Å². The summed E-state index contributed by atoms with van der Waals surface area (Å²) in [5, 5.41) is 30.4. The Bertz CT molecular complexity index is 359. The highest BCUT2D eigenvalue weighted by Crippen LogP contribution is 2.11. The molecule has 1 fully saturated rings. The Balaban J connectivity index is 1.77. The van der Waals surface area contributed by atoms with Crippen molar-refractivity contribution >= 4 is 0 Å². The third-order valence-corrected chi connectivity index (χ3v) is 3.21. The minimum Gasteiger partial charge on any atom is -0.388 e. The molecule has 0 amide bonds. The van der Waals surface area contributed by atoms with Crippen LogP contribution in [0.3, 0.4) is 0 Å². The molecule has 5 nitrogen and oxygen atoms in total. The third kappa shape index (κ3) is 3.28. The normalized spacial score (nSPS) is 32.4. The monoisotopic (exact) mass is 254 g/mol.